The predicted octanol–water partition coefficient (Wildman–Crippen LogP) is 4.10. The molecule has 0 bridgehead atoms. The van der Waals surface area contributed by atoms with Crippen LogP contribution >= 0.6 is 0 Å². The lowest BCUT2D eigenvalue weighted by molar-refractivity contribution is -0.139. The molecule has 1 aliphatic heterocycles. The Hall–Kier alpha value is -0.980. The molecule has 3 atom stereocenters. The van der Waals surface area contributed by atoms with Crippen molar-refractivity contribution in [3.63, 3.8) is 0 Å². The summed E-state index contributed by atoms with van der Waals surface area (Å²) in [5, 5.41) is 2.97. The number of nitrogens with one attached hydrogen (secondary N) is 1. The van der Waals surface area contributed by atoms with E-state index in [0.717, 1.165) is 12.8 Å². The second-order valence-electron chi connectivity index (χ2n) is 7.49. The van der Waals surface area contributed by atoms with E-state index in [1.54, 1.807) is 4.90 Å². The molecule has 4 nitrogen and oxygen atoms in total. The van der Waals surface area contributed by atoms with Crippen molar-refractivity contribution in [2.24, 2.45) is 0 Å². The number of amides is 1. The summed E-state index contributed by atoms with van der Waals surface area (Å²) in [4.78, 5) is 13.9. The van der Waals surface area contributed by atoms with Crippen LogP contribution in [0, 0.1) is 0 Å². The van der Waals surface area contributed by atoms with E-state index < -0.39 is 24.2 Å². The third kappa shape index (κ3) is 7.90. The molecule has 23 heavy (non-hydrogen) atoms. The number of carbonyl (C=O) groups is 1. The van der Waals surface area contributed by atoms with Crippen LogP contribution in [0.3, 0.4) is 0 Å². The van der Waals surface area contributed by atoms with Crippen LogP contribution < -0.4 is 5.32 Å². The molecule has 0 aromatic carbocycles. The van der Waals surface area contributed by atoms with Gasteiger partial charge < -0.3 is 15.0 Å². The Bertz CT molecular complexity index is 394. The van der Waals surface area contributed by atoms with Crippen molar-refractivity contribution in [2.45, 2.75) is 90.2 Å². The maximum atomic E-state index is 12.4. The molecule has 1 rings (SSSR count). The average Bonchev–Trinajstić information content (AvgIpc) is 2.71. The third-order valence-electron chi connectivity index (χ3n) is 3.74. The lowest BCUT2D eigenvalue weighted by Gasteiger charge is -2.31. The number of carbonyl (C=O) groups excluding carboxylic acids is 1. The zero-order valence-electron chi connectivity index (χ0n) is 14.7. The van der Waals surface area contributed by atoms with Crippen LogP contribution in [-0.4, -0.2) is 47.4 Å². The molecule has 0 saturated carbocycles. The first-order chi connectivity index (χ1) is 10.4. The van der Waals surface area contributed by atoms with E-state index in [9.17, 15) is 18.0 Å². The fourth-order valence-corrected chi connectivity index (χ4v) is 3.01. The molecule has 0 spiro atoms. The normalized spacial score (nSPS) is 22.1. The summed E-state index contributed by atoms with van der Waals surface area (Å²) in [5.41, 5.74) is -0.546. The zero-order chi connectivity index (χ0) is 17.8. The van der Waals surface area contributed by atoms with Gasteiger partial charge in [0, 0.05) is 24.7 Å². The second-order valence-corrected chi connectivity index (χ2v) is 7.49. The summed E-state index contributed by atoms with van der Waals surface area (Å²) in [7, 11) is 0. The highest BCUT2D eigenvalue weighted by Crippen LogP contribution is 2.25. The smallest absolute Gasteiger partial charge is 0.410 e. The molecule has 1 saturated heterocycles. The summed E-state index contributed by atoms with van der Waals surface area (Å²) in [6.07, 6.45) is -2.97. The van der Waals surface area contributed by atoms with E-state index in [0.29, 0.717) is 13.0 Å². The summed E-state index contributed by atoms with van der Waals surface area (Å²) in [6, 6.07) is -0.716. The number of nitrogens with zero attached hydrogens (tertiary/aromatic N) is 1. The zero-order valence-corrected chi connectivity index (χ0v) is 14.7. The lowest BCUT2D eigenvalue weighted by atomic mass is 10.0. The predicted molar refractivity (Wildman–Crippen MR) is 83.3 cm³/mol. The quantitative estimate of drug-likeness (QED) is 0.821. The van der Waals surface area contributed by atoms with E-state index in [2.05, 4.69) is 5.32 Å². The van der Waals surface area contributed by atoms with Gasteiger partial charge >= 0.3 is 12.3 Å². The van der Waals surface area contributed by atoms with Crippen LogP contribution in [0.25, 0.3) is 0 Å². The number of rotatable bonds is 5. The molecule has 1 fully saturated rings. The third-order valence-corrected chi connectivity index (χ3v) is 3.74. The second kappa shape index (κ2) is 7.73. The van der Waals surface area contributed by atoms with Gasteiger partial charge in [-0.15, -0.1) is 0 Å². The van der Waals surface area contributed by atoms with Gasteiger partial charge in [-0.2, -0.15) is 13.2 Å². The van der Waals surface area contributed by atoms with Gasteiger partial charge in [0.25, 0.3) is 0 Å². The molecule has 0 aliphatic carbocycles. The fourth-order valence-electron chi connectivity index (χ4n) is 3.01. The number of ether oxygens (including phenoxy) is 1. The summed E-state index contributed by atoms with van der Waals surface area (Å²) >= 11 is 0. The van der Waals surface area contributed by atoms with E-state index >= 15 is 0 Å². The Morgan fingerprint density at radius 3 is 2.39 bits per heavy atom. The van der Waals surface area contributed by atoms with Crippen LogP contribution in [0.5, 0.6) is 0 Å². The lowest BCUT2D eigenvalue weighted by Crippen LogP contribution is -2.44. The average molecular weight is 338 g/mol. The minimum atomic E-state index is -4.16. The van der Waals surface area contributed by atoms with Crippen LogP contribution in [0.4, 0.5) is 18.0 Å². The first-order valence-electron chi connectivity index (χ1n) is 8.20. The van der Waals surface area contributed by atoms with Crippen LogP contribution in [-0.2, 0) is 4.74 Å². The molecule has 0 aromatic heterocycles. The fraction of sp³-hybridized carbons (Fsp3) is 0.938. The molecule has 0 aromatic rings. The Morgan fingerprint density at radius 1 is 1.26 bits per heavy atom. The van der Waals surface area contributed by atoms with Crippen molar-refractivity contribution in [3.8, 4) is 0 Å². The Morgan fingerprint density at radius 2 is 1.87 bits per heavy atom. The Balaban J connectivity index is 2.50. The first-order valence-corrected chi connectivity index (χ1v) is 8.20. The standard InChI is InChI=1S/C16H29F3N2O2/c1-11(20-12(2)10-16(17,18)19)9-13-7-6-8-21(13)14(22)23-15(3,4)5/h11-13,20H,6-10H2,1-5H3. The van der Waals surface area contributed by atoms with E-state index in [1.165, 1.54) is 6.92 Å². The summed E-state index contributed by atoms with van der Waals surface area (Å²) < 4.78 is 42.5. The topological polar surface area (TPSA) is 41.6 Å². The monoisotopic (exact) mass is 338 g/mol. The summed E-state index contributed by atoms with van der Waals surface area (Å²) in [6.45, 7) is 9.49. The minimum Gasteiger partial charge on any atom is -0.444 e. The van der Waals surface area contributed by atoms with Gasteiger partial charge in [-0.1, -0.05) is 0 Å². The summed E-state index contributed by atoms with van der Waals surface area (Å²) in [5.74, 6) is 0. The van der Waals surface area contributed by atoms with Crippen molar-refractivity contribution < 1.29 is 22.7 Å². The first kappa shape index (κ1) is 20.1. The molecular weight excluding hydrogens is 309 g/mol. The van der Waals surface area contributed by atoms with Gasteiger partial charge in [-0.3, -0.25) is 0 Å². The molecule has 1 N–H and O–H groups in total. The molecule has 136 valence electrons. The highest BCUT2D eigenvalue weighted by Gasteiger charge is 2.34. The van der Waals surface area contributed by atoms with Crippen molar-refractivity contribution in [3.05, 3.63) is 0 Å². The van der Waals surface area contributed by atoms with Crippen LogP contribution in [0.1, 0.15) is 60.3 Å². The molecular formula is C16H29F3N2O2. The number of halogens is 3. The van der Waals surface area contributed by atoms with Gasteiger partial charge in [-0.25, -0.2) is 4.79 Å². The van der Waals surface area contributed by atoms with Crippen LogP contribution in [0.15, 0.2) is 0 Å². The SMILES string of the molecule is CC(CC1CCCN1C(=O)OC(C)(C)C)NC(C)CC(F)(F)F. The molecule has 3 unspecified atom stereocenters. The number of alkyl halides is 3. The minimum absolute atomic E-state index is 0.0189. The number of hydrogen-bond donors (Lipinski definition) is 1. The Labute approximate surface area is 136 Å². The van der Waals surface area contributed by atoms with Gasteiger partial charge in [0.2, 0.25) is 0 Å². The van der Waals surface area contributed by atoms with Crippen molar-refractivity contribution in [2.75, 3.05) is 6.54 Å². The van der Waals surface area contributed by atoms with Gasteiger partial charge in [-0.05, 0) is 53.9 Å². The molecule has 7 heteroatoms. The van der Waals surface area contributed by atoms with E-state index in [4.69, 9.17) is 4.74 Å². The van der Waals surface area contributed by atoms with Crippen molar-refractivity contribution >= 4 is 6.09 Å². The van der Waals surface area contributed by atoms with Gasteiger partial charge in [0.1, 0.15) is 5.60 Å². The molecule has 1 amide bonds. The van der Waals surface area contributed by atoms with Gasteiger partial charge in [0.05, 0.1) is 6.42 Å². The highest BCUT2D eigenvalue weighted by atomic mass is 19.4. The van der Waals surface area contributed by atoms with E-state index in [1.807, 2.05) is 27.7 Å². The largest absolute Gasteiger partial charge is 0.444 e. The molecule has 0 radical (unpaired) electrons. The maximum absolute atomic E-state index is 12.4. The molecule has 1 heterocycles. The van der Waals surface area contributed by atoms with Crippen molar-refractivity contribution in [1.29, 1.82) is 0 Å². The number of likely N-dealkylation sites (tertiary alicyclic amines) is 1. The maximum Gasteiger partial charge on any atom is 0.410 e. The van der Waals surface area contributed by atoms with Crippen molar-refractivity contribution in [1.82, 2.24) is 10.2 Å². The highest BCUT2D eigenvalue weighted by molar-refractivity contribution is 5.68. The van der Waals surface area contributed by atoms with Gasteiger partial charge in [0.15, 0.2) is 0 Å². The van der Waals surface area contributed by atoms with E-state index in [-0.39, 0.29) is 18.2 Å². The van der Waals surface area contributed by atoms with Crippen LogP contribution in [0.2, 0.25) is 0 Å². The number of hydrogen-bond acceptors (Lipinski definition) is 3. The molecule has 1 aliphatic rings. The Kier molecular flexibility index (Phi) is 6.74.